The molecule has 0 aromatic heterocycles. The molecule has 3 N–H and O–H groups in total. The second kappa shape index (κ2) is 9.70. The van der Waals surface area contributed by atoms with E-state index in [4.69, 9.17) is 9.84 Å². The van der Waals surface area contributed by atoms with Crippen LogP contribution in [-0.2, 0) is 9.53 Å². The van der Waals surface area contributed by atoms with Crippen molar-refractivity contribution in [1.29, 1.82) is 0 Å². The summed E-state index contributed by atoms with van der Waals surface area (Å²) >= 11 is 0. The van der Waals surface area contributed by atoms with Crippen molar-refractivity contribution in [3.05, 3.63) is 0 Å². The van der Waals surface area contributed by atoms with E-state index in [-0.39, 0.29) is 5.92 Å². The lowest BCUT2D eigenvalue weighted by Crippen LogP contribution is -2.49. The number of ether oxygens (including phenoxy) is 1. The molecule has 0 aromatic rings. The predicted octanol–water partition coefficient (Wildman–Crippen LogP) is 1.21. The molecule has 2 atom stereocenters. The van der Waals surface area contributed by atoms with E-state index in [9.17, 15) is 9.59 Å². The Bertz CT molecular complexity index is 258. The van der Waals surface area contributed by atoms with Crippen molar-refractivity contribution >= 4 is 12.0 Å². The predicted molar refractivity (Wildman–Crippen MR) is 68.5 cm³/mol. The van der Waals surface area contributed by atoms with E-state index < -0.39 is 18.0 Å². The molecule has 106 valence electrons. The summed E-state index contributed by atoms with van der Waals surface area (Å²) in [6.07, 6.45) is 1.41. The fraction of sp³-hybridized carbons (Fsp3) is 0.833. The first-order valence-electron chi connectivity index (χ1n) is 6.37. The zero-order chi connectivity index (χ0) is 14.0. The Hall–Kier alpha value is -1.30. The zero-order valence-corrected chi connectivity index (χ0v) is 11.4. The Morgan fingerprint density at radius 3 is 2.50 bits per heavy atom. The van der Waals surface area contributed by atoms with Crippen LogP contribution in [0.4, 0.5) is 4.79 Å². The highest BCUT2D eigenvalue weighted by molar-refractivity contribution is 5.82. The van der Waals surface area contributed by atoms with Crippen molar-refractivity contribution in [1.82, 2.24) is 10.6 Å². The van der Waals surface area contributed by atoms with Gasteiger partial charge in [-0.1, -0.05) is 20.3 Å². The molecule has 0 saturated heterocycles. The molecule has 0 fully saturated rings. The van der Waals surface area contributed by atoms with Crippen molar-refractivity contribution in [2.45, 2.75) is 39.7 Å². The summed E-state index contributed by atoms with van der Waals surface area (Å²) in [6, 6.07) is -1.29. The van der Waals surface area contributed by atoms with Crippen LogP contribution in [0.5, 0.6) is 0 Å². The molecule has 0 radical (unpaired) electrons. The fourth-order valence-electron chi connectivity index (χ4n) is 1.40. The van der Waals surface area contributed by atoms with Gasteiger partial charge < -0.3 is 20.5 Å². The maximum absolute atomic E-state index is 11.5. The van der Waals surface area contributed by atoms with Crippen LogP contribution in [0.3, 0.4) is 0 Å². The standard InChI is InChI=1S/C12H24N2O4/c1-4-9(3)10(11(15)16)14-12(17)13-7-6-8-18-5-2/h9-10H,4-8H2,1-3H3,(H,15,16)(H2,13,14,17)/t9-,10+/m1/s1. The number of amides is 2. The number of hydrogen-bond acceptors (Lipinski definition) is 3. The zero-order valence-electron chi connectivity index (χ0n) is 11.4. The number of carbonyl (C=O) groups is 2. The number of carbonyl (C=O) groups excluding carboxylic acids is 1. The molecule has 6 nitrogen and oxygen atoms in total. The van der Waals surface area contributed by atoms with Gasteiger partial charge in [0.2, 0.25) is 0 Å². The molecule has 0 bridgehead atoms. The van der Waals surface area contributed by atoms with Gasteiger partial charge in [0.1, 0.15) is 6.04 Å². The van der Waals surface area contributed by atoms with E-state index in [0.717, 1.165) is 0 Å². The molecule has 0 heterocycles. The molecule has 2 amide bonds. The molecular formula is C12H24N2O4. The highest BCUT2D eigenvalue weighted by Gasteiger charge is 2.24. The smallest absolute Gasteiger partial charge is 0.326 e. The first kappa shape index (κ1) is 16.7. The number of rotatable bonds is 9. The number of carboxylic acids is 1. The molecule has 0 spiro atoms. The van der Waals surface area contributed by atoms with Crippen molar-refractivity contribution in [3.63, 3.8) is 0 Å². The van der Waals surface area contributed by atoms with E-state index in [1.165, 1.54) is 0 Å². The quantitative estimate of drug-likeness (QED) is 0.544. The van der Waals surface area contributed by atoms with Gasteiger partial charge in [-0.15, -0.1) is 0 Å². The highest BCUT2D eigenvalue weighted by Crippen LogP contribution is 2.07. The van der Waals surface area contributed by atoms with Gasteiger partial charge in [0.15, 0.2) is 0 Å². The van der Waals surface area contributed by atoms with Crippen LogP contribution < -0.4 is 10.6 Å². The molecule has 0 aliphatic rings. The van der Waals surface area contributed by atoms with Gasteiger partial charge in [0.05, 0.1) is 0 Å². The second-order valence-corrected chi connectivity index (χ2v) is 4.15. The molecule has 6 heteroatoms. The van der Waals surface area contributed by atoms with E-state index in [1.807, 2.05) is 13.8 Å². The lowest BCUT2D eigenvalue weighted by Gasteiger charge is -2.20. The molecular weight excluding hydrogens is 236 g/mol. The highest BCUT2D eigenvalue weighted by atomic mass is 16.5. The Balaban J connectivity index is 3.92. The molecule has 0 aromatic carbocycles. The summed E-state index contributed by atoms with van der Waals surface area (Å²) in [5.41, 5.74) is 0. The minimum atomic E-state index is -1.01. The number of aliphatic carboxylic acids is 1. The summed E-state index contributed by atoms with van der Waals surface area (Å²) in [6.45, 7) is 7.31. The molecule has 0 rings (SSSR count). The Morgan fingerprint density at radius 2 is 2.00 bits per heavy atom. The van der Waals surface area contributed by atoms with Gasteiger partial charge in [-0.2, -0.15) is 0 Å². The minimum Gasteiger partial charge on any atom is -0.480 e. The largest absolute Gasteiger partial charge is 0.480 e. The van der Waals surface area contributed by atoms with Crippen LogP contribution in [0.2, 0.25) is 0 Å². The lowest BCUT2D eigenvalue weighted by molar-refractivity contribution is -0.140. The number of urea groups is 1. The van der Waals surface area contributed by atoms with Crippen molar-refractivity contribution in [2.75, 3.05) is 19.8 Å². The normalized spacial score (nSPS) is 13.7. The SMILES string of the molecule is CCOCCCNC(=O)N[C@H](C(=O)O)[C@H](C)CC. The average Bonchev–Trinajstić information content (AvgIpc) is 2.34. The van der Waals surface area contributed by atoms with Crippen molar-refractivity contribution < 1.29 is 19.4 Å². The third-order valence-corrected chi connectivity index (χ3v) is 2.72. The van der Waals surface area contributed by atoms with Gasteiger partial charge in [0, 0.05) is 19.8 Å². The minimum absolute atomic E-state index is 0.100. The van der Waals surface area contributed by atoms with Crippen LogP contribution >= 0.6 is 0 Å². The molecule has 0 unspecified atom stereocenters. The first-order chi connectivity index (χ1) is 8.52. The second-order valence-electron chi connectivity index (χ2n) is 4.15. The third kappa shape index (κ3) is 7.11. The average molecular weight is 260 g/mol. The van der Waals surface area contributed by atoms with Gasteiger partial charge in [-0.3, -0.25) is 0 Å². The van der Waals surface area contributed by atoms with E-state index in [2.05, 4.69) is 10.6 Å². The van der Waals surface area contributed by atoms with Crippen LogP contribution in [0, 0.1) is 5.92 Å². The summed E-state index contributed by atoms with van der Waals surface area (Å²) in [5, 5.41) is 14.1. The van der Waals surface area contributed by atoms with Gasteiger partial charge in [-0.05, 0) is 19.3 Å². The van der Waals surface area contributed by atoms with Crippen LogP contribution in [0.1, 0.15) is 33.6 Å². The summed E-state index contributed by atoms with van der Waals surface area (Å²) in [7, 11) is 0. The van der Waals surface area contributed by atoms with Crippen LogP contribution in [-0.4, -0.2) is 42.9 Å². The molecule has 18 heavy (non-hydrogen) atoms. The summed E-state index contributed by atoms with van der Waals surface area (Å²) in [4.78, 5) is 22.5. The molecule has 0 saturated carbocycles. The topological polar surface area (TPSA) is 87.7 Å². The summed E-state index contributed by atoms with van der Waals surface area (Å²) in [5.74, 6) is -1.11. The molecule has 0 aliphatic carbocycles. The van der Waals surface area contributed by atoms with Crippen molar-refractivity contribution in [3.8, 4) is 0 Å². The third-order valence-electron chi connectivity index (χ3n) is 2.72. The van der Waals surface area contributed by atoms with Crippen LogP contribution in [0.15, 0.2) is 0 Å². The van der Waals surface area contributed by atoms with Gasteiger partial charge in [-0.25, -0.2) is 9.59 Å². The maximum atomic E-state index is 11.5. The van der Waals surface area contributed by atoms with Crippen molar-refractivity contribution in [2.24, 2.45) is 5.92 Å². The Morgan fingerprint density at radius 1 is 1.33 bits per heavy atom. The number of nitrogens with one attached hydrogen (secondary N) is 2. The Labute approximate surface area is 108 Å². The maximum Gasteiger partial charge on any atom is 0.326 e. The molecule has 0 aliphatic heterocycles. The number of hydrogen-bond donors (Lipinski definition) is 3. The van der Waals surface area contributed by atoms with Crippen LogP contribution in [0.25, 0.3) is 0 Å². The summed E-state index contributed by atoms with van der Waals surface area (Å²) < 4.78 is 5.12. The monoisotopic (exact) mass is 260 g/mol. The van der Waals surface area contributed by atoms with Gasteiger partial charge in [0.25, 0.3) is 0 Å². The fourth-order valence-corrected chi connectivity index (χ4v) is 1.40. The van der Waals surface area contributed by atoms with Gasteiger partial charge >= 0.3 is 12.0 Å². The number of carboxylic acid groups (broad SMARTS) is 1. The van der Waals surface area contributed by atoms with E-state index in [0.29, 0.717) is 32.6 Å². The Kier molecular flexibility index (Phi) is 9.00. The first-order valence-corrected chi connectivity index (χ1v) is 6.37. The van der Waals surface area contributed by atoms with E-state index in [1.54, 1.807) is 6.92 Å². The lowest BCUT2D eigenvalue weighted by atomic mass is 9.99. The van der Waals surface area contributed by atoms with E-state index >= 15 is 0 Å².